The highest BCUT2D eigenvalue weighted by atomic mass is 32.2. The van der Waals surface area contributed by atoms with Crippen molar-refractivity contribution in [1.29, 1.82) is 0 Å². The third-order valence-corrected chi connectivity index (χ3v) is 7.03. The Bertz CT molecular complexity index is 1140. The lowest BCUT2D eigenvalue weighted by Gasteiger charge is -2.43. The average Bonchev–Trinajstić information content (AvgIpc) is 2.77. The lowest BCUT2D eigenvalue weighted by molar-refractivity contribution is -0.137. The topological polar surface area (TPSA) is 75.7 Å². The molecule has 1 amide bonds. The van der Waals surface area contributed by atoms with E-state index in [2.05, 4.69) is 0 Å². The normalized spacial score (nSPS) is 23.7. The molecule has 1 saturated heterocycles. The predicted octanol–water partition coefficient (Wildman–Crippen LogP) is 3.27. The third kappa shape index (κ3) is 4.70. The highest BCUT2D eigenvalue weighted by Crippen LogP contribution is 2.35. The number of hydrogen-bond donors (Lipinski definition) is 1. The molecule has 2 aromatic rings. The molecular formula is C22H22F4N2O4S. The van der Waals surface area contributed by atoms with Gasteiger partial charge >= 0.3 is 5.76 Å². The summed E-state index contributed by atoms with van der Waals surface area (Å²) in [5, 5.41) is 0. The number of amides is 1. The van der Waals surface area contributed by atoms with Crippen LogP contribution in [0.25, 0.3) is 11.1 Å². The quantitative estimate of drug-likeness (QED) is 0.676. The molecule has 3 atom stereocenters. The van der Waals surface area contributed by atoms with Gasteiger partial charge in [-0.2, -0.15) is 8.78 Å². The number of carbonyl (C=O) groups excluding carboxylic acids is 1. The van der Waals surface area contributed by atoms with Crippen LogP contribution in [0.4, 0.5) is 17.6 Å². The van der Waals surface area contributed by atoms with Gasteiger partial charge in [0, 0.05) is 17.7 Å². The Balaban J connectivity index is 1.80. The van der Waals surface area contributed by atoms with E-state index < -0.39 is 45.8 Å². The molecule has 33 heavy (non-hydrogen) atoms. The summed E-state index contributed by atoms with van der Waals surface area (Å²) in [6, 6.07) is 8.46. The van der Waals surface area contributed by atoms with Gasteiger partial charge in [0.05, 0.1) is 25.1 Å². The van der Waals surface area contributed by atoms with Crippen LogP contribution in [0.15, 0.2) is 42.5 Å². The van der Waals surface area contributed by atoms with E-state index in [9.17, 15) is 26.4 Å². The molecule has 1 fully saturated rings. The Labute approximate surface area is 188 Å². The third-order valence-electron chi connectivity index (χ3n) is 5.96. The van der Waals surface area contributed by atoms with E-state index in [0.29, 0.717) is 11.3 Å². The van der Waals surface area contributed by atoms with Crippen molar-refractivity contribution in [3.63, 3.8) is 0 Å². The summed E-state index contributed by atoms with van der Waals surface area (Å²) in [7, 11) is -5.15. The van der Waals surface area contributed by atoms with E-state index >= 15 is 4.39 Å². The lowest BCUT2D eigenvalue weighted by Crippen LogP contribution is -2.63. The SMILES string of the molecule is O=C1CCOc2ccccc2-c2cccc(c2F)CC2C(NS(=O)(=O)C(F)F)C(F)CCN12. The molecule has 2 heterocycles. The van der Waals surface area contributed by atoms with Crippen LogP contribution in [0.5, 0.6) is 5.75 Å². The Hall–Kier alpha value is -2.66. The number of fused-ring (bicyclic) bond motifs is 5. The van der Waals surface area contributed by atoms with Crippen LogP contribution >= 0.6 is 0 Å². The molecule has 0 saturated carbocycles. The monoisotopic (exact) mass is 486 g/mol. The van der Waals surface area contributed by atoms with E-state index in [1.54, 1.807) is 41.1 Å². The molecular weight excluding hydrogens is 464 g/mol. The summed E-state index contributed by atoms with van der Waals surface area (Å²) in [5.74, 6) is -4.49. The van der Waals surface area contributed by atoms with Crippen molar-refractivity contribution >= 4 is 15.9 Å². The second kappa shape index (κ2) is 9.30. The standard InChI is InChI=1S/C22H22F4N2O4S/c23-16-8-10-28-17(21(16)27-33(30,31)22(25)26)12-13-4-3-6-15(20(13)24)14-5-1-2-7-18(14)32-11-9-19(28)29/h1-7,16-17,21-22,27H,8-12H2. The maximum Gasteiger partial charge on any atom is 0.350 e. The van der Waals surface area contributed by atoms with Crippen LogP contribution in [-0.4, -0.2) is 56.4 Å². The minimum atomic E-state index is -5.15. The minimum Gasteiger partial charge on any atom is -0.492 e. The van der Waals surface area contributed by atoms with E-state index in [-0.39, 0.29) is 43.5 Å². The van der Waals surface area contributed by atoms with Crippen LogP contribution in [0.1, 0.15) is 18.4 Å². The molecule has 2 aliphatic heterocycles. The molecule has 4 rings (SSSR count). The van der Waals surface area contributed by atoms with Crippen LogP contribution in [0.2, 0.25) is 0 Å². The van der Waals surface area contributed by atoms with E-state index in [1.807, 2.05) is 0 Å². The number of para-hydroxylation sites is 1. The number of alkyl halides is 3. The number of nitrogens with zero attached hydrogens (tertiary/aromatic N) is 1. The van der Waals surface area contributed by atoms with Gasteiger partial charge in [-0.1, -0.05) is 36.4 Å². The number of ether oxygens (including phenoxy) is 1. The molecule has 6 nitrogen and oxygen atoms in total. The van der Waals surface area contributed by atoms with Crippen molar-refractivity contribution in [2.45, 2.75) is 43.3 Å². The largest absolute Gasteiger partial charge is 0.492 e. The smallest absolute Gasteiger partial charge is 0.350 e. The lowest BCUT2D eigenvalue weighted by atomic mass is 9.88. The van der Waals surface area contributed by atoms with Crippen LogP contribution in [0, 0.1) is 5.82 Å². The van der Waals surface area contributed by atoms with Gasteiger partial charge < -0.3 is 9.64 Å². The summed E-state index contributed by atoms with van der Waals surface area (Å²) in [5.41, 5.74) is 0.781. The van der Waals surface area contributed by atoms with Gasteiger partial charge in [0.25, 0.3) is 10.0 Å². The summed E-state index contributed by atoms with van der Waals surface area (Å²) < 4.78 is 87.5. The molecule has 2 aliphatic rings. The first-order chi connectivity index (χ1) is 15.7. The number of piperidine rings is 1. The number of halogens is 4. The van der Waals surface area contributed by atoms with Crippen LogP contribution in [0.3, 0.4) is 0 Å². The van der Waals surface area contributed by atoms with Gasteiger partial charge in [0.15, 0.2) is 0 Å². The number of nitrogens with one attached hydrogen (secondary N) is 1. The molecule has 2 aromatic carbocycles. The molecule has 0 spiro atoms. The maximum atomic E-state index is 15.6. The minimum absolute atomic E-state index is 0.0488. The predicted molar refractivity (Wildman–Crippen MR) is 113 cm³/mol. The zero-order valence-corrected chi connectivity index (χ0v) is 18.2. The Kier molecular flexibility index (Phi) is 6.62. The fourth-order valence-electron chi connectivity index (χ4n) is 4.36. The summed E-state index contributed by atoms with van der Waals surface area (Å²) in [4.78, 5) is 14.2. The summed E-state index contributed by atoms with van der Waals surface area (Å²) >= 11 is 0. The maximum absolute atomic E-state index is 15.6. The summed E-state index contributed by atoms with van der Waals surface area (Å²) in [6.45, 7) is -0.109. The number of hydrogen-bond acceptors (Lipinski definition) is 4. The van der Waals surface area contributed by atoms with Crippen LogP contribution < -0.4 is 9.46 Å². The van der Waals surface area contributed by atoms with Crippen molar-refractivity contribution in [3.05, 3.63) is 53.8 Å². The van der Waals surface area contributed by atoms with Gasteiger partial charge in [-0.15, -0.1) is 0 Å². The molecule has 1 N–H and O–H groups in total. The van der Waals surface area contributed by atoms with Gasteiger partial charge in [0.2, 0.25) is 5.91 Å². The number of carbonyl (C=O) groups is 1. The fraction of sp³-hybridized carbons (Fsp3) is 0.409. The summed E-state index contributed by atoms with van der Waals surface area (Å²) in [6.07, 6.45) is -2.44. The number of rotatable bonds is 3. The van der Waals surface area contributed by atoms with Gasteiger partial charge in [-0.3, -0.25) is 4.79 Å². The molecule has 2 bridgehead atoms. The van der Waals surface area contributed by atoms with Gasteiger partial charge in [-0.25, -0.2) is 21.9 Å². The number of sulfonamides is 1. The van der Waals surface area contributed by atoms with Crippen molar-refractivity contribution in [2.24, 2.45) is 0 Å². The molecule has 3 unspecified atom stereocenters. The van der Waals surface area contributed by atoms with Crippen LogP contribution in [-0.2, 0) is 21.2 Å². The highest BCUT2D eigenvalue weighted by Gasteiger charge is 2.44. The molecule has 178 valence electrons. The zero-order valence-electron chi connectivity index (χ0n) is 17.4. The molecule has 0 aliphatic carbocycles. The Morgan fingerprint density at radius 2 is 1.82 bits per heavy atom. The highest BCUT2D eigenvalue weighted by molar-refractivity contribution is 7.89. The first-order valence-corrected chi connectivity index (χ1v) is 12.0. The number of benzene rings is 2. The molecule has 11 heteroatoms. The zero-order chi connectivity index (χ0) is 23.8. The average molecular weight is 486 g/mol. The molecule has 0 aromatic heterocycles. The second-order valence-electron chi connectivity index (χ2n) is 7.99. The van der Waals surface area contributed by atoms with Crippen molar-refractivity contribution in [1.82, 2.24) is 9.62 Å². The van der Waals surface area contributed by atoms with Gasteiger partial charge in [-0.05, 0) is 24.5 Å². The Morgan fingerprint density at radius 3 is 2.58 bits per heavy atom. The second-order valence-corrected chi connectivity index (χ2v) is 9.67. The fourth-order valence-corrected chi connectivity index (χ4v) is 5.15. The Morgan fingerprint density at radius 1 is 1.09 bits per heavy atom. The van der Waals surface area contributed by atoms with Crippen molar-refractivity contribution < 1.29 is 35.5 Å². The van der Waals surface area contributed by atoms with E-state index in [0.717, 1.165) is 0 Å². The van der Waals surface area contributed by atoms with Crippen molar-refractivity contribution in [2.75, 3.05) is 13.2 Å². The van der Waals surface area contributed by atoms with E-state index in [1.165, 1.54) is 11.0 Å². The first kappa shape index (κ1) is 23.5. The van der Waals surface area contributed by atoms with Crippen molar-refractivity contribution in [3.8, 4) is 16.9 Å². The molecule has 0 radical (unpaired) electrons. The first-order valence-electron chi connectivity index (χ1n) is 10.4. The van der Waals surface area contributed by atoms with E-state index in [4.69, 9.17) is 4.74 Å². The van der Waals surface area contributed by atoms with Gasteiger partial charge in [0.1, 0.15) is 17.7 Å².